The minimum Gasteiger partial charge on any atom is -0.495 e. The second-order valence-corrected chi connectivity index (χ2v) is 5.78. The van der Waals surface area contributed by atoms with Crippen molar-refractivity contribution in [3.05, 3.63) is 51.3 Å². The first-order valence-corrected chi connectivity index (χ1v) is 7.63. The zero-order valence-corrected chi connectivity index (χ0v) is 14.1. The fourth-order valence-corrected chi connectivity index (χ4v) is 2.81. The van der Waals surface area contributed by atoms with Crippen molar-refractivity contribution in [2.24, 2.45) is 0 Å². The molecule has 0 atom stereocenters. The fourth-order valence-electron chi connectivity index (χ4n) is 2.34. The number of anilines is 1. The number of benzene rings is 1. The molecule has 24 heavy (non-hydrogen) atoms. The molecule has 3 aromatic rings. The summed E-state index contributed by atoms with van der Waals surface area (Å²) in [5.41, 5.74) is 7.96. The Labute approximate surface area is 147 Å². The lowest BCUT2D eigenvalue weighted by Crippen LogP contribution is -2.02. The van der Waals surface area contributed by atoms with Crippen LogP contribution in [-0.4, -0.2) is 22.3 Å². The average molecular weight is 360 g/mol. The predicted octanol–water partition coefficient (Wildman–Crippen LogP) is 3.38. The smallest absolute Gasteiger partial charge is 0.178 e. The molecular weight excluding hydrogens is 349 g/mol. The maximum absolute atomic E-state index is 9.15. The van der Waals surface area contributed by atoms with E-state index in [-0.39, 0.29) is 16.5 Å². The summed E-state index contributed by atoms with van der Waals surface area (Å²) in [5, 5.41) is 18.5. The molecule has 2 heterocycles. The third-order valence-corrected chi connectivity index (χ3v) is 4.08. The maximum Gasteiger partial charge on any atom is 0.178 e. The highest BCUT2D eigenvalue weighted by molar-refractivity contribution is 6.33. The van der Waals surface area contributed by atoms with Gasteiger partial charge in [-0.25, -0.2) is 4.98 Å². The van der Waals surface area contributed by atoms with Gasteiger partial charge in [0.05, 0.1) is 23.4 Å². The van der Waals surface area contributed by atoms with E-state index >= 15 is 0 Å². The van der Waals surface area contributed by atoms with E-state index in [2.05, 4.69) is 15.2 Å². The van der Waals surface area contributed by atoms with Crippen LogP contribution in [0, 0.1) is 11.3 Å². The Hall–Kier alpha value is -2.62. The molecule has 6 nitrogen and oxygen atoms in total. The molecule has 0 aliphatic carbocycles. The zero-order chi connectivity index (χ0) is 17.3. The number of ether oxygens (including phenoxy) is 1. The van der Waals surface area contributed by atoms with Crippen molar-refractivity contribution in [1.29, 1.82) is 5.26 Å². The number of hydrogen-bond acceptors (Lipinski definition) is 6. The van der Waals surface area contributed by atoms with Crippen LogP contribution in [-0.2, 0) is 6.42 Å². The van der Waals surface area contributed by atoms with Gasteiger partial charge < -0.3 is 10.5 Å². The normalized spacial score (nSPS) is 10.6. The molecule has 3 rings (SSSR count). The monoisotopic (exact) mass is 359 g/mol. The van der Waals surface area contributed by atoms with Crippen LogP contribution in [0.25, 0.3) is 10.9 Å². The Morgan fingerprint density at radius 2 is 2.04 bits per heavy atom. The van der Waals surface area contributed by atoms with Crippen molar-refractivity contribution < 1.29 is 4.74 Å². The molecule has 0 unspecified atom stereocenters. The summed E-state index contributed by atoms with van der Waals surface area (Å²) in [4.78, 5) is 4.17. The van der Waals surface area contributed by atoms with Gasteiger partial charge in [0.15, 0.2) is 5.15 Å². The van der Waals surface area contributed by atoms with Gasteiger partial charge in [0.2, 0.25) is 0 Å². The van der Waals surface area contributed by atoms with E-state index in [1.807, 2.05) is 12.1 Å². The molecule has 1 aromatic carbocycles. The van der Waals surface area contributed by atoms with Crippen molar-refractivity contribution in [2.75, 3.05) is 12.8 Å². The average Bonchev–Trinajstić information content (AvgIpc) is 2.57. The number of halogens is 2. The number of aromatic nitrogens is 3. The first kappa shape index (κ1) is 16.2. The quantitative estimate of drug-likeness (QED) is 0.769. The fraction of sp³-hybridized carbons (Fsp3) is 0.125. The van der Waals surface area contributed by atoms with Crippen LogP contribution in [0.1, 0.15) is 16.8 Å². The Balaban J connectivity index is 2.11. The first-order chi connectivity index (χ1) is 11.5. The third-order valence-electron chi connectivity index (χ3n) is 3.53. The molecule has 0 bridgehead atoms. The van der Waals surface area contributed by atoms with Crippen molar-refractivity contribution in [3.63, 3.8) is 0 Å². The maximum atomic E-state index is 9.15. The summed E-state index contributed by atoms with van der Waals surface area (Å²) in [7, 11) is 1.55. The van der Waals surface area contributed by atoms with Gasteiger partial charge in [-0.15, -0.1) is 5.10 Å². The summed E-state index contributed by atoms with van der Waals surface area (Å²) < 4.78 is 5.14. The van der Waals surface area contributed by atoms with E-state index in [0.717, 1.165) is 5.56 Å². The highest BCUT2D eigenvalue weighted by Gasteiger charge is 2.14. The number of nitriles is 1. The Morgan fingerprint density at radius 3 is 2.71 bits per heavy atom. The lowest BCUT2D eigenvalue weighted by molar-refractivity contribution is 0.415. The Kier molecular flexibility index (Phi) is 4.38. The molecule has 2 aromatic heterocycles. The predicted molar refractivity (Wildman–Crippen MR) is 92.3 cm³/mol. The molecule has 0 fully saturated rings. The van der Waals surface area contributed by atoms with Gasteiger partial charge >= 0.3 is 0 Å². The van der Waals surface area contributed by atoms with Crippen LogP contribution >= 0.6 is 23.2 Å². The number of hydrogen-bond donors (Lipinski definition) is 1. The van der Waals surface area contributed by atoms with Gasteiger partial charge in [-0.2, -0.15) is 10.4 Å². The minimum atomic E-state index is 0.110. The first-order valence-electron chi connectivity index (χ1n) is 6.87. The van der Waals surface area contributed by atoms with Crippen LogP contribution in [0.4, 0.5) is 5.82 Å². The highest BCUT2D eigenvalue weighted by Crippen LogP contribution is 2.29. The van der Waals surface area contributed by atoms with Crippen molar-refractivity contribution in [3.8, 4) is 11.8 Å². The van der Waals surface area contributed by atoms with Crippen LogP contribution in [0.3, 0.4) is 0 Å². The number of nitrogens with zero attached hydrogens (tertiary/aromatic N) is 4. The number of pyridine rings is 1. The number of nitrogens with two attached hydrogens (primary N) is 1. The summed E-state index contributed by atoms with van der Waals surface area (Å²) in [5.74, 6) is 0.701. The largest absolute Gasteiger partial charge is 0.495 e. The zero-order valence-electron chi connectivity index (χ0n) is 12.5. The van der Waals surface area contributed by atoms with E-state index in [1.165, 1.54) is 0 Å². The van der Waals surface area contributed by atoms with Gasteiger partial charge in [-0.05, 0) is 23.8 Å². The lowest BCUT2D eigenvalue weighted by atomic mass is 10.1. The number of rotatable bonds is 3. The van der Waals surface area contributed by atoms with E-state index in [0.29, 0.717) is 33.8 Å². The van der Waals surface area contributed by atoms with Gasteiger partial charge in [-0.3, -0.25) is 0 Å². The standard InChI is InChI=1S/C16H11Cl2N5O/c1-24-13-3-2-8(4-11(13)17)5-12-10-6-9(7-19)16(20)21-14(10)15(18)23-22-12/h2-4,6H,5H2,1H3,(H2,20,21). The molecule has 120 valence electrons. The van der Waals surface area contributed by atoms with Crippen LogP contribution < -0.4 is 10.5 Å². The molecule has 0 aliphatic heterocycles. The van der Waals surface area contributed by atoms with Gasteiger partial charge in [0.25, 0.3) is 0 Å². The van der Waals surface area contributed by atoms with Crippen molar-refractivity contribution >= 4 is 39.9 Å². The van der Waals surface area contributed by atoms with E-state index in [1.54, 1.807) is 25.3 Å². The molecule has 0 aliphatic rings. The SMILES string of the molecule is COc1ccc(Cc2nnc(Cl)c3nc(N)c(C#N)cc23)cc1Cl. The van der Waals surface area contributed by atoms with E-state index < -0.39 is 0 Å². The van der Waals surface area contributed by atoms with Crippen LogP contribution in [0.2, 0.25) is 10.2 Å². The number of fused-ring (bicyclic) bond motifs is 1. The third kappa shape index (κ3) is 2.92. The summed E-state index contributed by atoms with van der Waals surface area (Å²) >= 11 is 12.2. The molecule has 0 amide bonds. The molecule has 0 saturated heterocycles. The molecule has 0 radical (unpaired) electrons. The van der Waals surface area contributed by atoms with E-state index in [4.69, 9.17) is 38.9 Å². The summed E-state index contributed by atoms with van der Waals surface area (Å²) in [6.07, 6.45) is 0.445. The number of methoxy groups -OCH3 is 1. The minimum absolute atomic E-state index is 0.110. The Bertz CT molecular complexity index is 984. The van der Waals surface area contributed by atoms with Gasteiger partial charge in [0, 0.05) is 11.8 Å². The molecule has 2 N–H and O–H groups in total. The van der Waals surface area contributed by atoms with Crippen molar-refractivity contribution in [1.82, 2.24) is 15.2 Å². The number of nitrogen functional groups attached to an aromatic ring is 1. The van der Waals surface area contributed by atoms with Crippen LogP contribution in [0.5, 0.6) is 5.75 Å². The van der Waals surface area contributed by atoms with Crippen LogP contribution in [0.15, 0.2) is 24.3 Å². The molecule has 0 saturated carbocycles. The summed E-state index contributed by atoms with van der Waals surface area (Å²) in [6.45, 7) is 0. The Morgan fingerprint density at radius 1 is 1.25 bits per heavy atom. The topological polar surface area (TPSA) is 97.7 Å². The molecule has 8 heteroatoms. The molecular formula is C16H11Cl2N5O. The van der Waals surface area contributed by atoms with Crippen molar-refractivity contribution in [2.45, 2.75) is 6.42 Å². The summed E-state index contributed by atoms with van der Waals surface area (Å²) in [6, 6.07) is 9.08. The lowest BCUT2D eigenvalue weighted by Gasteiger charge is -2.09. The second-order valence-electron chi connectivity index (χ2n) is 5.01. The van der Waals surface area contributed by atoms with Gasteiger partial charge in [-0.1, -0.05) is 29.3 Å². The van der Waals surface area contributed by atoms with E-state index in [9.17, 15) is 0 Å². The highest BCUT2D eigenvalue weighted by atomic mass is 35.5. The molecule has 0 spiro atoms. The second kappa shape index (κ2) is 6.48. The van der Waals surface area contributed by atoms with Gasteiger partial charge in [0.1, 0.15) is 23.2 Å².